The fourth-order valence-electron chi connectivity index (χ4n) is 1.16. The van der Waals surface area contributed by atoms with Crippen molar-refractivity contribution >= 4 is 47.0 Å². The van der Waals surface area contributed by atoms with Crippen molar-refractivity contribution in [1.82, 2.24) is 10.3 Å². The Labute approximate surface area is 127 Å². The Morgan fingerprint density at radius 2 is 2.26 bits per heavy atom. The molecule has 0 saturated heterocycles. The van der Waals surface area contributed by atoms with Crippen molar-refractivity contribution in [2.24, 2.45) is 0 Å². The molecule has 0 fully saturated rings. The summed E-state index contributed by atoms with van der Waals surface area (Å²) in [5.41, 5.74) is 6.02. The van der Waals surface area contributed by atoms with Gasteiger partial charge in [-0.05, 0) is 20.8 Å². The third-order valence-electron chi connectivity index (χ3n) is 1.85. The molecule has 1 heterocycles. The number of nitrogens with two attached hydrogens (primary N) is 1. The third kappa shape index (κ3) is 6.93. The Morgan fingerprint density at radius 3 is 2.79 bits per heavy atom. The van der Waals surface area contributed by atoms with E-state index in [0.29, 0.717) is 11.7 Å². The molecule has 0 aliphatic carbocycles. The van der Waals surface area contributed by atoms with Crippen LogP contribution >= 0.6 is 35.7 Å². The number of hydrogen-bond acceptors (Lipinski definition) is 7. The number of ether oxygens (including phenoxy) is 1. The van der Waals surface area contributed by atoms with E-state index in [9.17, 15) is 4.79 Å². The lowest BCUT2D eigenvalue weighted by atomic mass is 10.2. The molecule has 0 unspecified atom stereocenters. The van der Waals surface area contributed by atoms with E-state index in [4.69, 9.17) is 10.5 Å². The largest absolute Gasteiger partial charge is 0.444 e. The first-order valence-corrected chi connectivity index (χ1v) is 8.18. The summed E-state index contributed by atoms with van der Waals surface area (Å²) in [6, 6.07) is 0. The molecule has 1 amide bonds. The van der Waals surface area contributed by atoms with E-state index in [1.165, 1.54) is 11.3 Å². The van der Waals surface area contributed by atoms with Crippen LogP contribution in [-0.4, -0.2) is 29.0 Å². The normalized spacial score (nSPS) is 11.4. The lowest BCUT2D eigenvalue weighted by molar-refractivity contribution is 0.0531. The number of thiol groups is 1. The van der Waals surface area contributed by atoms with Crippen LogP contribution in [0.5, 0.6) is 0 Å². The van der Waals surface area contributed by atoms with Crippen molar-refractivity contribution in [3.8, 4) is 0 Å². The summed E-state index contributed by atoms with van der Waals surface area (Å²) < 4.78 is 5.98. The predicted molar refractivity (Wildman–Crippen MR) is 84.2 cm³/mol. The van der Waals surface area contributed by atoms with Gasteiger partial charge in [0.1, 0.15) is 5.60 Å². The number of amides is 1. The van der Waals surface area contributed by atoms with Crippen LogP contribution in [0.15, 0.2) is 4.21 Å². The van der Waals surface area contributed by atoms with Crippen molar-refractivity contribution in [3.63, 3.8) is 0 Å². The zero-order valence-electron chi connectivity index (χ0n) is 11.2. The van der Waals surface area contributed by atoms with Gasteiger partial charge in [0, 0.05) is 18.1 Å². The number of nitrogens with zero attached hydrogens (tertiary/aromatic N) is 1. The van der Waals surface area contributed by atoms with Gasteiger partial charge in [0.2, 0.25) is 0 Å². The fraction of sp³-hybridized carbons (Fsp3) is 0.636. The SMILES string of the molecule is CC(C)(C)OC(=O)NCCSCc1nc(N)sc1S. The Bertz CT molecular complexity index is 429. The second kappa shape index (κ2) is 7.25. The minimum Gasteiger partial charge on any atom is -0.444 e. The van der Waals surface area contributed by atoms with Crippen molar-refractivity contribution < 1.29 is 9.53 Å². The maximum absolute atomic E-state index is 11.4. The number of nitrogens with one attached hydrogen (secondary N) is 1. The predicted octanol–water partition coefficient (Wildman–Crippen LogP) is 2.77. The Hall–Kier alpha value is -0.600. The zero-order chi connectivity index (χ0) is 14.5. The molecule has 5 nitrogen and oxygen atoms in total. The third-order valence-corrected chi connectivity index (χ3v) is 4.08. The number of alkyl carbamates (subject to hydrolysis) is 1. The highest BCUT2D eigenvalue weighted by Gasteiger charge is 2.15. The molecule has 0 aliphatic rings. The maximum atomic E-state index is 11.4. The van der Waals surface area contributed by atoms with Crippen LogP contribution in [0.3, 0.4) is 0 Å². The van der Waals surface area contributed by atoms with Crippen molar-refractivity contribution in [2.45, 2.75) is 36.3 Å². The quantitative estimate of drug-likeness (QED) is 0.574. The molecule has 108 valence electrons. The topological polar surface area (TPSA) is 77.2 Å². The van der Waals surface area contributed by atoms with Crippen LogP contribution in [-0.2, 0) is 10.5 Å². The number of aromatic nitrogens is 1. The number of hydrogen-bond donors (Lipinski definition) is 3. The van der Waals surface area contributed by atoms with E-state index in [2.05, 4.69) is 22.9 Å². The number of thioether (sulfide) groups is 1. The smallest absolute Gasteiger partial charge is 0.407 e. The Kier molecular flexibility index (Phi) is 6.28. The van der Waals surface area contributed by atoms with Gasteiger partial charge in [-0.25, -0.2) is 9.78 Å². The van der Waals surface area contributed by atoms with E-state index in [0.717, 1.165) is 21.4 Å². The van der Waals surface area contributed by atoms with Gasteiger partial charge in [0.25, 0.3) is 0 Å². The monoisotopic (exact) mass is 321 g/mol. The Morgan fingerprint density at radius 1 is 1.58 bits per heavy atom. The number of rotatable bonds is 5. The van der Waals surface area contributed by atoms with Crippen LogP contribution in [0.2, 0.25) is 0 Å². The molecular weight excluding hydrogens is 302 g/mol. The number of carbonyl (C=O) groups is 1. The first kappa shape index (κ1) is 16.5. The highest BCUT2D eigenvalue weighted by molar-refractivity contribution is 7.98. The molecule has 3 N–H and O–H groups in total. The minimum absolute atomic E-state index is 0.388. The lowest BCUT2D eigenvalue weighted by Gasteiger charge is -2.19. The molecule has 0 bridgehead atoms. The van der Waals surface area contributed by atoms with Crippen molar-refractivity contribution in [1.29, 1.82) is 0 Å². The van der Waals surface area contributed by atoms with Crippen molar-refractivity contribution in [2.75, 3.05) is 18.0 Å². The second-order valence-corrected chi connectivity index (χ2v) is 7.67. The number of thiazole rings is 1. The average molecular weight is 321 g/mol. The minimum atomic E-state index is -0.462. The van der Waals surface area contributed by atoms with Crippen LogP contribution in [0.25, 0.3) is 0 Å². The summed E-state index contributed by atoms with van der Waals surface area (Å²) in [4.78, 5) is 15.5. The van der Waals surface area contributed by atoms with E-state index >= 15 is 0 Å². The van der Waals surface area contributed by atoms with Gasteiger partial charge in [-0.1, -0.05) is 11.3 Å². The van der Waals surface area contributed by atoms with Crippen molar-refractivity contribution in [3.05, 3.63) is 5.69 Å². The Balaban J connectivity index is 2.15. The van der Waals surface area contributed by atoms with E-state index in [1.807, 2.05) is 20.8 Å². The first-order chi connectivity index (χ1) is 8.78. The number of nitrogen functional groups attached to an aromatic ring is 1. The number of anilines is 1. The van der Waals surface area contributed by atoms with Gasteiger partial charge in [0.15, 0.2) is 5.13 Å². The molecule has 1 aromatic rings. The zero-order valence-corrected chi connectivity index (χ0v) is 13.8. The molecule has 8 heteroatoms. The molecule has 1 rings (SSSR count). The van der Waals surface area contributed by atoms with Crippen LogP contribution < -0.4 is 11.1 Å². The molecule has 0 aromatic carbocycles. The van der Waals surface area contributed by atoms with Gasteiger partial charge >= 0.3 is 6.09 Å². The average Bonchev–Trinajstić information content (AvgIpc) is 2.54. The molecule has 0 atom stereocenters. The van der Waals surface area contributed by atoms with Gasteiger partial charge < -0.3 is 15.8 Å². The highest BCUT2D eigenvalue weighted by atomic mass is 32.2. The maximum Gasteiger partial charge on any atom is 0.407 e. The molecule has 0 radical (unpaired) electrons. The van der Waals surface area contributed by atoms with Crippen LogP contribution in [0.1, 0.15) is 26.5 Å². The van der Waals surface area contributed by atoms with Crippen LogP contribution in [0, 0.1) is 0 Å². The van der Waals surface area contributed by atoms with Gasteiger partial charge in [0.05, 0.1) is 9.90 Å². The van der Waals surface area contributed by atoms with E-state index < -0.39 is 5.60 Å². The second-order valence-electron chi connectivity index (χ2n) is 4.79. The standard InChI is InChI=1S/C11H19N3O2S3/c1-11(2,3)16-10(15)13-4-5-18-6-7-8(17)19-9(12)14-7/h17H,4-6H2,1-3H3,(H2,12,14)(H,13,15). The highest BCUT2D eigenvalue weighted by Crippen LogP contribution is 2.26. The van der Waals surface area contributed by atoms with Gasteiger partial charge in [-0.15, -0.1) is 12.6 Å². The molecular formula is C11H19N3O2S3. The molecule has 1 aromatic heterocycles. The summed E-state index contributed by atoms with van der Waals surface area (Å²) >= 11 is 7.33. The fourth-order valence-corrected chi connectivity index (χ4v) is 3.15. The van der Waals surface area contributed by atoms with Gasteiger partial charge in [-0.3, -0.25) is 0 Å². The van der Waals surface area contributed by atoms with Crippen LogP contribution in [0.4, 0.5) is 9.93 Å². The first-order valence-electron chi connectivity index (χ1n) is 5.76. The molecule has 0 saturated carbocycles. The molecule has 19 heavy (non-hydrogen) atoms. The number of carbonyl (C=O) groups excluding carboxylic acids is 1. The summed E-state index contributed by atoms with van der Waals surface area (Å²) in [5, 5.41) is 3.24. The van der Waals surface area contributed by atoms with Gasteiger partial charge in [-0.2, -0.15) is 11.8 Å². The lowest BCUT2D eigenvalue weighted by Crippen LogP contribution is -2.33. The van der Waals surface area contributed by atoms with E-state index in [1.54, 1.807) is 11.8 Å². The summed E-state index contributed by atoms with van der Waals surface area (Å²) in [7, 11) is 0. The van der Waals surface area contributed by atoms with E-state index in [-0.39, 0.29) is 6.09 Å². The summed E-state index contributed by atoms with van der Waals surface area (Å²) in [6.07, 6.45) is -0.388. The summed E-state index contributed by atoms with van der Waals surface area (Å²) in [5.74, 6) is 1.52. The molecule has 0 aliphatic heterocycles. The molecule has 0 spiro atoms. The summed E-state index contributed by atoms with van der Waals surface area (Å²) in [6.45, 7) is 6.06.